The second kappa shape index (κ2) is 10.2. The van der Waals surface area contributed by atoms with Crippen molar-refractivity contribution in [2.75, 3.05) is 0 Å². The minimum Gasteiger partial charge on any atom is -0.504 e. The molecule has 1 saturated carbocycles. The van der Waals surface area contributed by atoms with Crippen LogP contribution in [0, 0.1) is 0 Å². The van der Waals surface area contributed by atoms with Gasteiger partial charge in [-0.2, -0.15) is 0 Å². The van der Waals surface area contributed by atoms with Gasteiger partial charge < -0.3 is 30.2 Å². The molecule has 0 bridgehead atoms. The van der Waals surface area contributed by atoms with Gasteiger partial charge in [0.1, 0.15) is 24.4 Å². The number of aromatic hydroxyl groups is 2. The maximum absolute atomic E-state index is 12.2. The first-order valence-corrected chi connectivity index (χ1v) is 9.60. The predicted octanol–water partition coefficient (Wildman–Crippen LogP) is 2.77. The molecule has 8 nitrogen and oxygen atoms in total. The van der Waals surface area contributed by atoms with Gasteiger partial charge in [-0.15, -0.1) is 0 Å². The van der Waals surface area contributed by atoms with Crippen molar-refractivity contribution in [3.05, 3.63) is 23.8 Å². The Morgan fingerprint density at radius 3 is 2.36 bits per heavy atom. The molecule has 156 valence electrons. The van der Waals surface area contributed by atoms with E-state index in [0.717, 1.165) is 32.1 Å². The lowest BCUT2D eigenvalue weighted by Gasteiger charge is -2.25. The van der Waals surface area contributed by atoms with Gasteiger partial charge in [0, 0.05) is 0 Å². The molecule has 1 fully saturated rings. The molecule has 1 aliphatic rings. The number of esters is 1. The fourth-order valence-corrected chi connectivity index (χ4v) is 2.99. The third-order valence-corrected chi connectivity index (χ3v) is 4.86. The summed E-state index contributed by atoms with van der Waals surface area (Å²) >= 11 is 0. The fraction of sp³-hybridized carbons (Fsp3) is 0.600. The summed E-state index contributed by atoms with van der Waals surface area (Å²) in [6.45, 7) is 3.22. The average Bonchev–Trinajstić information content (AvgIpc) is 2.65. The minimum absolute atomic E-state index is 0.110. The van der Waals surface area contributed by atoms with Crippen LogP contribution in [-0.2, 0) is 25.4 Å². The topological polar surface area (TPSA) is 128 Å². The minimum atomic E-state index is -0.965. The highest BCUT2D eigenvalue weighted by atomic mass is 16.7. The van der Waals surface area contributed by atoms with Gasteiger partial charge in [0.05, 0.1) is 0 Å². The molecule has 0 amide bonds. The molecule has 0 aliphatic heterocycles. The number of carbonyl (C=O) groups is 2. The lowest BCUT2D eigenvalue weighted by molar-refractivity contribution is -0.155. The van der Waals surface area contributed by atoms with Crippen molar-refractivity contribution in [3.8, 4) is 11.5 Å². The molecule has 0 saturated heterocycles. The Bertz CT molecular complexity index is 673. The Morgan fingerprint density at radius 2 is 1.71 bits per heavy atom. The van der Waals surface area contributed by atoms with Gasteiger partial charge in [0.25, 0.3) is 0 Å². The number of hydrogen-bond acceptors (Lipinski definition) is 8. The maximum Gasteiger partial charge on any atom is 0.508 e. The van der Waals surface area contributed by atoms with Crippen molar-refractivity contribution in [2.45, 2.75) is 76.7 Å². The molecule has 0 heterocycles. The van der Waals surface area contributed by atoms with Crippen molar-refractivity contribution in [1.82, 2.24) is 0 Å². The standard InChI is InChI=1S/C20H29NO7/c1-12(13(2)27-20(25)28-15-6-4-3-5-7-15)26-19(24)16(21)10-14-8-9-17(22)18(23)11-14/h8-9,11-13,15-16,22-23H,3-7,10,21H2,1-2H3/t12-,13+,16+/m1/s1. The number of phenolic OH excluding ortho intramolecular Hbond substituents is 2. The summed E-state index contributed by atoms with van der Waals surface area (Å²) < 4.78 is 15.8. The van der Waals surface area contributed by atoms with Gasteiger partial charge in [-0.1, -0.05) is 12.5 Å². The molecule has 3 atom stereocenters. The highest BCUT2D eigenvalue weighted by Crippen LogP contribution is 2.25. The van der Waals surface area contributed by atoms with Crippen LogP contribution in [-0.4, -0.2) is 46.7 Å². The predicted molar refractivity (Wildman–Crippen MR) is 101 cm³/mol. The second-order valence-electron chi connectivity index (χ2n) is 7.23. The van der Waals surface area contributed by atoms with Crippen LogP contribution >= 0.6 is 0 Å². The number of phenols is 2. The highest BCUT2D eigenvalue weighted by Gasteiger charge is 2.26. The van der Waals surface area contributed by atoms with Gasteiger partial charge >= 0.3 is 12.1 Å². The summed E-state index contributed by atoms with van der Waals surface area (Å²) in [4.78, 5) is 24.1. The summed E-state index contributed by atoms with van der Waals surface area (Å²) in [7, 11) is 0. The summed E-state index contributed by atoms with van der Waals surface area (Å²) in [5, 5.41) is 18.8. The van der Waals surface area contributed by atoms with E-state index in [4.69, 9.17) is 19.9 Å². The van der Waals surface area contributed by atoms with Crippen LogP contribution in [0.2, 0.25) is 0 Å². The number of benzene rings is 1. The van der Waals surface area contributed by atoms with Crippen LogP contribution in [0.1, 0.15) is 51.5 Å². The third-order valence-electron chi connectivity index (χ3n) is 4.86. The SMILES string of the molecule is C[C@H](OC(=O)OC1CCCCC1)[C@@H](C)OC(=O)[C@@H](N)Cc1ccc(O)c(O)c1. The Kier molecular flexibility index (Phi) is 7.92. The van der Waals surface area contributed by atoms with Gasteiger partial charge in [0.2, 0.25) is 0 Å². The lowest BCUT2D eigenvalue weighted by Crippen LogP contribution is -2.39. The van der Waals surface area contributed by atoms with E-state index < -0.39 is 30.4 Å². The molecule has 2 rings (SSSR count). The van der Waals surface area contributed by atoms with E-state index in [9.17, 15) is 19.8 Å². The van der Waals surface area contributed by atoms with Crippen molar-refractivity contribution >= 4 is 12.1 Å². The van der Waals surface area contributed by atoms with Crippen LogP contribution in [0.5, 0.6) is 11.5 Å². The molecule has 8 heteroatoms. The maximum atomic E-state index is 12.2. The first kappa shape index (κ1) is 21.8. The molecule has 0 unspecified atom stereocenters. The molecule has 1 aromatic rings. The van der Waals surface area contributed by atoms with Crippen molar-refractivity contribution in [2.24, 2.45) is 5.73 Å². The number of carbonyl (C=O) groups excluding carboxylic acids is 2. The van der Waals surface area contributed by atoms with E-state index in [2.05, 4.69) is 0 Å². The van der Waals surface area contributed by atoms with E-state index in [1.807, 2.05) is 0 Å². The normalized spacial score (nSPS) is 18.0. The molecule has 0 spiro atoms. The third kappa shape index (κ3) is 6.60. The van der Waals surface area contributed by atoms with Gasteiger partial charge in [0.15, 0.2) is 11.5 Å². The van der Waals surface area contributed by atoms with Crippen molar-refractivity contribution < 1.29 is 34.0 Å². The first-order valence-electron chi connectivity index (χ1n) is 9.60. The van der Waals surface area contributed by atoms with E-state index in [-0.39, 0.29) is 24.0 Å². The van der Waals surface area contributed by atoms with Crippen LogP contribution in [0.25, 0.3) is 0 Å². The Balaban J connectivity index is 1.77. The fourth-order valence-electron chi connectivity index (χ4n) is 2.99. The Morgan fingerprint density at radius 1 is 1.07 bits per heavy atom. The van der Waals surface area contributed by atoms with Crippen molar-refractivity contribution in [1.29, 1.82) is 0 Å². The number of rotatable bonds is 7. The zero-order chi connectivity index (χ0) is 20.7. The number of ether oxygens (including phenoxy) is 3. The average molecular weight is 395 g/mol. The second-order valence-corrected chi connectivity index (χ2v) is 7.23. The van der Waals surface area contributed by atoms with Gasteiger partial charge in [-0.05, 0) is 63.6 Å². The van der Waals surface area contributed by atoms with E-state index in [1.165, 1.54) is 12.1 Å². The lowest BCUT2D eigenvalue weighted by atomic mass is 9.98. The summed E-state index contributed by atoms with van der Waals surface area (Å²) in [6.07, 6.45) is 2.78. The molecule has 0 radical (unpaired) electrons. The molecule has 0 aromatic heterocycles. The number of hydrogen-bond donors (Lipinski definition) is 3. The van der Waals surface area contributed by atoms with Crippen LogP contribution in [0.15, 0.2) is 18.2 Å². The smallest absolute Gasteiger partial charge is 0.504 e. The van der Waals surface area contributed by atoms with E-state index >= 15 is 0 Å². The molecular formula is C20H29NO7. The zero-order valence-electron chi connectivity index (χ0n) is 16.3. The monoisotopic (exact) mass is 395 g/mol. The van der Waals surface area contributed by atoms with Gasteiger partial charge in [-0.3, -0.25) is 4.79 Å². The van der Waals surface area contributed by atoms with Crippen molar-refractivity contribution in [3.63, 3.8) is 0 Å². The summed E-state index contributed by atoms with van der Waals surface area (Å²) in [5.74, 6) is -1.19. The molecule has 4 N–H and O–H groups in total. The summed E-state index contributed by atoms with van der Waals surface area (Å²) in [5.41, 5.74) is 6.44. The molecule has 1 aromatic carbocycles. The number of nitrogens with two attached hydrogens (primary N) is 1. The highest BCUT2D eigenvalue weighted by molar-refractivity contribution is 5.76. The zero-order valence-corrected chi connectivity index (χ0v) is 16.3. The first-order chi connectivity index (χ1) is 13.3. The van der Waals surface area contributed by atoms with Gasteiger partial charge in [-0.25, -0.2) is 4.79 Å². The van der Waals surface area contributed by atoms with E-state index in [0.29, 0.717) is 5.56 Å². The van der Waals surface area contributed by atoms with Crippen LogP contribution < -0.4 is 5.73 Å². The van der Waals surface area contributed by atoms with E-state index in [1.54, 1.807) is 19.9 Å². The van der Waals surface area contributed by atoms with Crippen LogP contribution in [0.3, 0.4) is 0 Å². The van der Waals surface area contributed by atoms with Crippen LogP contribution in [0.4, 0.5) is 4.79 Å². The Labute approximate surface area is 164 Å². The largest absolute Gasteiger partial charge is 0.508 e. The summed E-state index contributed by atoms with van der Waals surface area (Å²) in [6, 6.07) is 3.24. The Hall–Kier alpha value is -2.48. The molecular weight excluding hydrogens is 366 g/mol. The quantitative estimate of drug-likeness (QED) is 0.475. The molecule has 28 heavy (non-hydrogen) atoms. The molecule has 1 aliphatic carbocycles.